The van der Waals surface area contributed by atoms with Crippen LogP contribution in [0.25, 0.3) is 11.1 Å². The van der Waals surface area contributed by atoms with Crippen LogP contribution in [0.2, 0.25) is 0 Å². The molecule has 1 amide bonds. The van der Waals surface area contributed by atoms with Crippen LogP contribution in [-0.4, -0.2) is 29.0 Å². The number of para-hydroxylation sites is 1. The van der Waals surface area contributed by atoms with Crippen LogP contribution in [-0.2, 0) is 11.9 Å². The maximum atomic E-state index is 14.5. The molecular weight excluding hydrogens is 366 g/mol. The number of hydrogen-bond acceptors (Lipinski definition) is 4. The summed E-state index contributed by atoms with van der Waals surface area (Å²) in [5.74, 6) is -2.18. The number of rotatable bonds is 5. The second-order valence-electron chi connectivity index (χ2n) is 6.03. The number of nitrogens with one attached hydrogen (secondary N) is 1. The lowest BCUT2D eigenvalue weighted by Crippen LogP contribution is -2.16. The molecule has 0 aliphatic carbocycles. The number of aryl methyl sites for hydroxylation is 2. The molecule has 1 heterocycles. The summed E-state index contributed by atoms with van der Waals surface area (Å²) in [5, 5.41) is 10.0. The van der Waals surface area contributed by atoms with Crippen LogP contribution in [0.1, 0.15) is 21.6 Å². The van der Waals surface area contributed by atoms with E-state index in [-0.39, 0.29) is 16.9 Å². The number of halogens is 2. The molecule has 1 N–H and O–H groups in total. The second-order valence-corrected chi connectivity index (χ2v) is 6.03. The minimum atomic E-state index is -0.783. The molecule has 0 radical (unpaired) electrons. The third kappa shape index (κ3) is 3.75. The van der Waals surface area contributed by atoms with Crippen molar-refractivity contribution in [2.24, 2.45) is 12.2 Å². The van der Waals surface area contributed by atoms with Gasteiger partial charge in [-0.2, -0.15) is 9.49 Å². The SMILES string of the molecule is CON=Cc1ccc(-c2cccc(F)c2NC(=O)c2c(C)nn(C)c2F)cc1. The summed E-state index contributed by atoms with van der Waals surface area (Å²) in [6.45, 7) is 1.51. The largest absolute Gasteiger partial charge is 0.399 e. The number of amides is 1. The zero-order valence-corrected chi connectivity index (χ0v) is 15.5. The molecular formula is C20H18F2N4O2. The lowest BCUT2D eigenvalue weighted by molar-refractivity contribution is 0.102. The highest BCUT2D eigenvalue weighted by atomic mass is 19.1. The van der Waals surface area contributed by atoms with Gasteiger partial charge >= 0.3 is 0 Å². The second kappa shape index (κ2) is 7.99. The number of anilines is 1. The van der Waals surface area contributed by atoms with Crippen molar-refractivity contribution in [2.75, 3.05) is 12.4 Å². The summed E-state index contributed by atoms with van der Waals surface area (Å²) in [5.41, 5.74) is 1.90. The Morgan fingerprint density at radius 2 is 1.93 bits per heavy atom. The molecule has 28 heavy (non-hydrogen) atoms. The highest BCUT2D eigenvalue weighted by molar-refractivity contribution is 6.07. The predicted octanol–water partition coefficient (Wildman–Crippen LogP) is 3.91. The van der Waals surface area contributed by atoms with E-state index in [0.717, 1.165) is 10.2 Å². The first kappa shape index (κ1) is 19.2. The molecule has 2 aromatic carbocycles. The highest BCUT2D eigenvalue weighted by Crippen LogP contribution is 2.31. The molecule has 0 fully saturated rings. The van der Waals surface area contributed by atoms with Gasteiger partial charge in [-0.25, -0.2) is 9.07 Å². The van der Waals surface area contributed by atoms with Crippen LogP contribution >= 0.6 is 0 Å². The summed E-state index contributed by atoms with van der Waals surface area (Å²) >= 11 is 0. The summed E-state index contributed by atoms with van der Waals surface area (Å²) in [6.07, 6.45) is 1.53. The van der Waals surface area contributed by atoms with Crippen LogP contribution in [0.5, 0.6) is 0 Å². The van der Waals surface area contributed by atoms with E-state index in [0.29, 0.717) is 11.1 Å². The minimum absolute atomic E-state index is 0.0338. The standard InChI is InChI=1S/C20H18F2N4O2/c1-12-17(19(22)26(2)25-12)20(27)24-18-15(5-4-6-16(18)21)14-9-7-13(8-10-14)11-23-28-3/h4-11H,1-3H3,(H,24,27). The minimum Gasteiger partial charge on any atom is -0.399 e. The number of hydrogen-bond donors (Lipinski definition) is 1. The van der Waals surface area contributed by atoms with Gasteiger partial charge in [0.1, 0.15) is 18.5 Å². The molecule has 0 unspecified atom stereocenters. The molecule has 0 saturated heterocycles. The molecule has 0 aliphatic heterocycles. The van der Waals surface area contributed by atoms with Crippen molar-refractivity contribution in [3.05, 3.63) is 71.1 Å². The van der Waals surface area contributed by atoms with Crippen molar-refractivity contribution in [2.45, 2.75) is 6.92 Å². The maximum Gasteiger partial charge on any atom is 0.262 e. The molecule has 0 atom stereocenters. The number of aromatic nitrogens is 2. The Hall–Kier alpha value is -3.55. The van der Waals surface area contributed by atoms with Crippen molar-refractivity contribution < 1.29 is 18.4 Å². The van der Waals surface area contributed by atoms with Crippen LogP contribution < -0.4 is 5.32 Å². The molecule has 0 spiro atoms. The zero-order valence-electron chi connectivity index (χ0n) is 15.5. The van der Waals surface area contributed by atoms with Gasteiger partial charge in [0.2, 0.25) is 5.95 Å². The van der Waals surface area contributed by atoms with Crippen molar-refractivity contribution in [1.29, 1.82) is 0 Å². The fourth-order valence-electron chi connectivity index (χ4n) is 2.82. The van der Waals surface area contributed by atoms with Gasteiger partial charge in [-0.05, 0) is 24.1 Å². The lowest BCUT2D eigenvalue weighted by Gasteiger charge is -2.12. The summed E-state index contributed by atoms with van der Waals surface area (Å²) < 4.78 is 29.6. The van der Waals surface area contributed by atoms with Crippen molar-refractivity contribution in [3.8, 4) is 11.1 Å². The average Bonchev–Trinajstić information content (AvgIpc) is 2.94. The molecule has 6 nitrogen and oxygen atoms in total. The molecule has 0 saturated carbocycles. The molecule has 3 aromatic rings. The van der Waals surface area contributed by atoms with E-state index >= 15 is 0 Å². The average molecular weight is 384 g/mol. The number of nitrogens with zero attached hydrogens (tertiary/aromatic N) is 3. The predicted molar refractivity (Wildman–Crippen MR) is 102 cm³/mol. The van der Waals surface area contributed by atoms with Gasteiger partial charge in [-0.1, -0.05) is 41.6 Å². The van der Waals surface area contributed by atoms with Gasteiger partial charge in [0.05, 0.1) is 17.6 Å². The molecule has 0 aliphatic rings. The number of carbonyl (C=O) groups excluding carboxylic acids is 1. The van der Waals surface area contributed by atoms with Crippen molar-refractivity contribution in [1.82, 2.24) is 9.78 Å². The van der Waals surface area contributed by atoms with E-state index in [1.54, 1.807) is 30.3 Å². The summed E-state index contributed by atoms with van der Waals surface area (Å²) in [6, 6.07) is 11.5. The van der Waals surface area contributed by atoms with Crippen LogP contribution in [0.4, 0.5) is 14.5 Å². The van der Waals surface area contributed by atoms with Crippen molar-refractivity contribution in [3.63, 3.8) is 0 Å². The maximum absolute atomic E-state index is 14.5. The first-order valence-electron chi connectivity index (χ1n) is 8.38. The van der Waals surface area contributed by atoms with Gasteiger partial charge in [0, 0.05) is 12.6 Å². The van der Waals surface area contributed by atoms with E-state index in [9.17, 15) is 13.6 Å². The van der Waals surface area contributed by atoms with E-state index in [1.165, 1.54) is 39.4 Å². The number of benzene rings is 2. The molecule has 0 bridgehead atoms. The Kier molecular flexibility index (Phi) is 5.49. The summed E-state index contributed by atoms with van der Waals surface area (Å²) in [7, 11) is 2.83. The summed E-state index contributed by atoms with van der Waals surface area (Å²) in [4.78, 5) is 17.2. The van der Waals surface area contributed by atoms with Gasteiger partial charge in [0.25, 0.3) is 5.91 Å². The highest BCUT2D eigenvalue weighted by Gasteiger charge is 2.22. The monoisotopic (exact) mass is 384 g/mol. The van der Waals surface area contributed by atoms with E-state index in [1.807, 2.05) is 0 Å². The van der Waals surface area contributed by atoms with Crippen LogP contribution in [0.3, 0.4) is 0 Å². The van der Waals surface area contributed by atoms with Gasteiger partial charge in [0.15, 0.2) is 0 Å². The Morgan fingerprint density at radius 3 is 2.54 bits per heavy atom. The normalized spacial score (nSPS) is 11.0. The third-order valence-corrected chi connectivity index (χ3v) is 4.16. The Labute approximate surface area is 160 Å². The lowest BCUT2D eigenvalue weighted by atomic mass is 10.0. The van der Waals surface area contributed by atoms with E-state index in [2.05, 4.69) is 20.4 Å². The Balaban J connectivity index is 1.96. The Morgan fingerprint density at radius 1 is 1.21 bits per heavy atom. The molecule has 1 aromatic heterocycles. The zero-order chi connectivity index (χ0) is 20.3. The van der Waals surface area contributed by atoms with Gasteiger partial charge in [-0.3, -0.25) is 4.79 Å². The van der Waals surface area contributed by atoms with Gasteiger partial charge < -0.3 is 10.2 Å². The quantitative estimate of drug-likeness (QED) is 0.536. The van der Waals surface area contributed by atoms with Crippen molar-refractivity contribution >= 4 is 17.8 Å². The van der Waals surface area contributed by atoms with E-state index < -0.39 is 17.7 Å². The van der Waals surface area contributed by atoms with Crippen LogP contribution in [0, 0.1) is 18.7 Å². The number of oxime groups is 1. The third-order valence-electron chi connectivity index (χ3n) is 4.16. The number of carbonyl (C=O) groups is 1. The molecule has 8 heteroatoms. The molecule has 3 rings (SSSR count). The Bertz CT molecular complexity index is 1040. The fourth-order valence-corrected chi connectivity index (χ4v) is 2.82. The topological polar surface area (TPSA) is 68.5 Å². The molecule has 144 valence electrons. The first-order valence-corrected chi connectivity index (χ1v) is 8.38. The first-order chi connectivity index (χ1) is 13.4. The van der Waals surface area contributed by atoms with Crippen LogP contribution in [0.15, 0.2) is 47.6 Å². The smallest absolute Gasteiger partial charge is 0.262 e. The van der Waals surface area contributed by atoms with E-state index in [4.69, 9.17) is 0 Å². The fraction of sp³-hybridized carbons (Fsp3) is 0.150. The van der Waals surface area contributed by atoms with Gasteiger partial charge in [-0.15, -0.1) is 0 Å².